The lowest BCUT2D eigenvalue weighted by atomic mass is 9.93. The second-order valence-corrected chi connectivity index (χ2v) is 10.3. The highest BCUT2D eigenvalue weighted by Gasteiger charge is 2.24. The van der Waals surface area contributed by atoms with E-state index in [2.05, 4.69) is 84.9 Å². The Balaban J connectivity index is 1.79. The van der Waals surface area contributed by atoms with E-state index in [-0.39, 0.29) is 0 Å². The summed E-state index contributed by atoms with van der Waals surface area (Å²) < 4.78 is 5.56. The van der Waals surface area contributed by atoms with Gasteiger partial charge in [0.05, 0.1) is 0 Å². The lowest BCUT2D eigenvalue weighted by molar-refractivity contribution is 1.68. The lowest BCUT2D eigenvalue weighted by Gasteiger charge is -2.10. The van der Waals surface area contributed by atoms with Crippen molar-refractivity contribution in [2.45, 2.75) is 0 Å². The van der Waals surface area contributed by atoms with Crippen molar-refractivity contribution >= 4 is 73.8 Å². The molecule has 0 atom stereocenters. The van der Waals surface area contributed by atoms with Crippen molar-refractivity contribution in [2.24, 2.45) is 0 Å². The van der Waals surface area contributed by atoms with Crippen LogP contribution in [-0.4, -0.2) is 0 Å². The van der Waals surface area contributed by atoms with Crippen LogP contribution in [0.2, 0.25) is 0 Å². The molecule has 0 N–H and O–H groups in total. The van der Waals surface area contributed by atoms with Gasteiger partial charge in [-0.05, 0) is 51.9 Å². The van der Waals surface area contributed by atoms with E-state index in [4.69, 9.17) is 0 Å². The predicted octanol–water partition coefficient (Wildman–Crippen LogP) is 9.22. The molecule has 138 valence electrons. The minimum absolute atomic E-state index is 1.29. The number of thiophene rings is 2. The molecule has 0 radical (unpaired) electrons. The topological polar surface area (TPSA) is 0 Å². The van der Waals surface area contributed by atoms with Crippen LogP contribution in [0.1, 0.15) is 0 Å². The zero-order chi connectivity index (χ0) is 19.4. The second kappa shape index (κ2) is 5.28. The summed E-state index contributed by atoms with van der Waals surface area (Å²) >= 11 is 3.86. The molecule has 8 rings (SSSR count). The van der Waals surface area contributed by atoms with Gasteiger partial charge in [-0.25, -0.2) is 0 Å². The predicted molar refractivity (Wildman–Crippen MR) is 134 cm³/mol. The molecule has 0 saturated heterocycles. The molecule has 0 spiro atoms. The fourth-order valence-electron chi connectivity index (χ4n) is 5.42. The number of fused-ring (bicyclic) bond motifs is 1. The van der Waals surface area contributed by atoms with Crippen molar-refractivity contribution in [1.29, 1.82) is 0 Å². The Morgan fingerprint density at radius 2 is 1.03 bits per heavy atom. The van der Waals surface area contributed by atoms with Gasteiger partial charge in [0.25, 0.3) is 0 Å². The average Bonchev–Trinajstić information content (AvgIpc) is 3.32. The summed E-state index contributed by atoms with van der Waals surface area (Å²) in [6, 6.07) is 31.6. The smallest absolute Gasteiger partial charge is 0.0368 e. The van der Waals surface area contributed by atoms with Crippen LogP contribution in [0.4, 0.5) is 0 Å². The third-order valence-electron chi connectivity index (χ3n) is 6.60. The van der Waals surface area contributed by atoms with Gasteiger partial charge < -0.3 is 0 Å². The number of benzene rings is 5. The van der Waals surface area contributed by atoms with E-state index in [0.29, 0.717) is 0 Å². The normalized spacial score (nSPS) is 12.7. The van der Waals surface area contributed by atoms with E-state index in [9.17, 15) is 0 Å². The Hall–Kier alpha value is -3.20. The van der Waals surface area contributed by atoms with Crippen LogP contribution in [0.25, 0.3) is 73.4 Å². The van der Waals surface area contributed by atoms with Gasteiger partial charge in [-0.15, -0.1) is 22.7 Å². The van der Waals surface area contributed by atoms with Crippen molar-refractivity contribution in [1.82, 2.24) is 0 Å². The molecule has 5 aromatic carbocycles. The summed E-state index contributed by atoms with van der Waals surface area (Å²) in [5.74, 6) is 0. The Morgan fingerprint density at radius 1 is 0.400 bits per heavy atom. The van der Waals surface area contributed by atoms with Crippen molar-refractivity contribution in [3.8, 4) is 22.3 Å². The summed E-state index contributed by atoms with van der Waals surface area (Å²) in [6.07, 6.45) is 0. The van der Waals surface area contributed by atoms with E-state index >= 15 is 0 Å². The molecule has 2 aromatic heterocycles. The lowest BCUT2D eigenvalue weighted by Crippen LogP contribution is -1.83. The molecule has 0 amide bonds. The van der Waals surface area contributed by atoms with Gasteiger partial charge in [-0.1, -0.05) is 60.7 Å². The maximum absolute atomic E-state index is 2.42. The number of hydrogen-bond acceptors (Lipinski definition) is 2. The molecule has 30 heavy (non-hydrogen) atoms. The number of hydrogen-bond donors (Lipinski definition) is 0. The Labute approximate surface area is 180 Å². The molecule has 0 saturated carbocycles. The molecule has 7 aromatic rings. The highest BCUT2D eigenvalue weighted by atomic mass is 32.1. The van der Waals surface area contributed by atoms with Crippen LogP contribution in [0.5, 0.6) is 0 Å². The van der Waals surface area contributed by atoms with E-state index in [1.165, 1.54) is 73.4 Å². The fourth-order valence-corrected chi connectivity index (χ4v) is 7.74. The van der Waals surface area contributed by atoms with Crippen LogP contribution in [0, 0.1) is 0 Å². The first-order chi connectivity index (χ1) is 14.9. The van der Waals surface area contributed by atoms with E-state index < -0.39 is 0 Å². The minimum atomic E-state index is 1.29. The summed E-state index contributed by atoms with van der Waals surface area (Å²) in [5, 5.41) is 8.57. The summed E-state index contributed by atoms with van der Waals surface area (Å²) in [4.78, 5) is 0. The SMILES string of the molecule is c1ccc(-c2cc3sc4cccc5c4c3c3c2ccc2sc4cccc-5c4c23)cc1. The monoisotopic (exact) mass is 414 g/mol. The Bertz CT molecular complexity index is 1800. The molecule has 2 heterocycles. The molecular weight excluding hydrogens is 400 g/mol. The zero-order valence-electron chi connectivity index (χ0n) is 15.9. The molecule has 1 aliphatic carbocycles. The van der Waals surface area contributed by atoms with E-state index in [0.717, 1.165) is 0 Å². The summed E-state index contributed by atoms with van der Waals surface area (Å²) in [6.45, 7) is 0. The van der Waals surface area contributed by atoms with Gasteiger partial charge in [-0.2, -0.15) is 0 Å². The second-order valence-electron chi connectivity index (χ2n) is 8.09. The summed E-state index contributed by atoms with van der Waals surface area (Å²) in [7, 11) is 0. The van der Waals surface area contributed by atoms with Crippen molar-refractivity contribution < 1.29 is 0 Å². The van der Waals surface area contributed by atoms with Gasteiger partial charge >= 0.3 is 0 Å². The summed E-state index contributed by atoms with van der Waals surface area (Å²) in [5.41, 5.74) is 5.40. The fraction of sp³-hybridized carbons (Fsp3) is 0. The van der Waals surface area contributed by atoms with Crippen LogP contribution < -0.4 is 0 Å². The first-order valence-corrected chi connectivity index (χ1v) is 11.8. The standard InChI is InChI=1S/C28H14S2/c1-2-6-15(7-3-1)19-14-23-28-25-17(9-5-11-21(25)30-23)16-8-4-10-20-24(16)27-22(29-20)13-12-18(19)26(27)28/h1-14H. The third kappa shape index (κ3) is 1.74. The molecule has 0 fully saturated rings. The van der Waals surface area contributed by atoms with Crippen LogP contribution in [-0.2, 0) is 0 Å². The van der Waals surface area contributed by atoms with Crippen molar-refractivity contribution in [2.75, 3.05) is 0 Å². The van der Waals surface area contributed by atoms with E-state index in [1.54, 1.807) is 0 Å². The Morgan fingerprint density at radius 3 is 1.77 bits per heavy atom. The van der Waals surface area contributed by atoms with Gasteiger partial charge in [0.1, 0.15) is 0 Å². The molecule has 2 heteroatoms. The molecular formula is C28H14S2. The molecule has 0 unspecified atom stereocenters. The first kappa shape index (κ1) is 15.6. The largest absolute Gasteiger partial charge is 0.135 e. The third-order valence-corrected chi connectivity index (χ3v) is 8.82. The van der Waals surface area contributed by atoms with Gasteiger partial charge in [0.2, 0.25) is 0 Å². The molecule has 0 nitrogen and oxygen atoms in total. The first-order valence-electron chi connectivity index (χ1n) is 10.2. The van der Waals surface area contributed by atoms with Crippen LogP contribution in [0.3, 0.4) is 0 Å². The van der Waals surface area contributed by atoms with Crippen molar-refractivity contribution in [3.05, 3.63) is 84.9 Å². The quantitative estimate of drug-likeness (QED) is 0.251. The molecule has 1 aliphatic rings. The molecule has 0 bridgehead atoms. The average molecular weight is 415 g/mol. The highest BCUT2D eigenvalue weighted by molar-refractivity contribution is 7.27. The minimum Gasteiger partial charge on any atom is -0.135 e. The zero-order valence-corrected chi connectivity index (χ0v) is 17.5. The van der Waals surface area contributed by atoms with Crippen molar-refractivity contribution in [3.63, 3.8) is 0 Å². The maximum atomic E-state index is 2.42. The Kier molecular flexibility index (Phi) is 2.75. The van der Waals surface area contributed by atoms with Gasteiger partial charge in [-0.3, -0.25) is 0 Å². The van der Waals surface area contributed by atoms with E-state index in [1.807, 2.05) is 22.7 Å². The van der Waals surface area contributed by atoms with Crippen LogP contribution in [0.15, 0.2) is 84.9 Å². The molecule has 0 aliphatic heterocycles. The number of rotatable bonds is 1. The van der Waals surface area contributed by atoms with Crippen LogP contribution >= 0.6 is 22.7 Å². The van der Waals surface area contributed by atoms with Gasteiger partial charge in [0.15, 0.2) is 0 Å². The van der Waals surface area contributed by atoms with Gasteiger partial charge in [0, 0.05) is 45.7 Å². The maximum Gasteiger partial charge on any atom is 0.0368 e. The highest BCUT2D eigenvalue weighted by Crippen LogP contribution is 2.54.